The number of hydrogen-bond acceptors (Lipinski definition) is 3. The second-order valence-corrected chi connectivity index (χ2v) is 6.28. The number of halogens is 1. The number of para-hydroxylation sites is 1. The van der Waals surface area contributed by atoms with E-state index in [-0.39, 0.29) is 23.9 Å². The standard InChI is InChI=1S/C15H23FN2O/c1-15(2)10-17(3)8-12(9-19)18(11-15)14-7-5-4-6-13(14)16/h4-7,12,19H,8-11H2,1-3H3. The van der Waals surface area contributed by atoms with Gasteiger partial charge in [-0.25, -0.2) is 4.39 Å². The maximum Gasteiger partial charge on any atom is 0.146 e. The first-order valence-electron chi connectivity index (χ1n) is 6.73. The maximum absolute atomic E-state index is 14.0. The molecule has 19 heavy (non-hydrogen) atoms. The van der Waals surface area contributed by atoms with Gasteiger partial charge in [-0.3, -0.25) is 0 Å². The van der Waals surface area contributed by atoms with E-state index in [2.05, 4.69) is 25.8 Å². The summed E-state index contributed by atoms with van der Waals surface area (Å²) >= 11 is 0. The highest BCUT2D eigenvalue weighted by Gasteiger charge is 2.33. The number of hydrogen-bond donors (Lipinski definition) is 1. The van der Waals surface area contributed by atoms with Crippen LogP contribution in [0.4, 0.5) is 10.1 Å². The van der Waals surface area contributed by atoms with Crippen molar-refractivity contribution >= 4 is 5.69 Å². The molecule has 0 saturated carbocycles. The van der Waals surface area contributed by atoms with E-state index in [0.717, 1.165) is 19.6 Å². The van der Waals surface area contributed by atoms with Gasteiger partial charge in [0.1, 0.15) is 5.82 Å². The highest BCUT2D eigenvalue weighted by atomic mass is 19.1. The van der Waals surface area contributed by atoms with E-state index in [4.69, 9.17) is 0 Å². The molecule has 1 unspecified atom stereocenters. The molecule has 0 bridgehead atoms. The van der Waals surface area contributed by atoms with Crippen LogP contribution in [0.3, 0.4) is 0 Å². The lowest BCUT2D eigenvalue weighted by Crippen LogP contribution is -2.44. The molecule has 1 aliphatic heterocycles. The van der Waals surface area contributed by atoms with Gasteiger partial charge in [0.15, 0.2) is 0 Å². The third kappa shape index (κ3) is 3.25. The Kier molecular flexibility index (Phi) is 4.11. The first-order chi connectivity index (χ1) is 8.93. The number of aliphatic hydroxyl groups is 1. The van der Waals surface area contributed by atoms with Gasteiger partial charge >= 0.3 is 0 Å². The maximum atomic E-state index is 14.0. The summed E-state index contributed by atoms with van der Waals surface area (Å²) in [6.45, 7) is 6.81. The first-order valence-corrected chi connectivity index (χ1v) is 6.73. The average Bonchev–Trinajstić information content (AvgIpc) is 2.44. The van der Waals surface area contributed by atoms with E-state index >= 15 is 0 Å². The summed E-state index contributed by atoms with van der Waals surface area (Å²) in [6, 6.07) is 6.74. The molecule has 0 amide bonds. The van der Waals surface area contributed by atoms with Crippen LogP contribution < -0.4 is 4.90 Å². The number of aliphatic hydroxyl groups excluding tert-OH is 1. The van der Waals surface area contributed by atoms with Crippen LogP contribution in [0.5, 0.6) is 0 Å². The molecule has 1 fully saturated rings. The number of benzene rings is 1. The molecule has 2 rings (SSSR count). The largest absolute Gasteiger partial charge is 0.394 e. The lowest BCUT2D eigenvalue weighted by Gasteiger charge is -2.35. The topological polar surface area (TPSA) is 26.7 Å². The smallest absolute Gasteiger partial charge is 0.146 e. The first kappa shape index (κ1) is 14.3. The molecule has 0 spiro atoms. The molecule has 1 aromatic rings. The average molecular weight is 266 g/mol. The van der Waals surface area contributed by atoms with Gasteiger partial charge in [-0.15, -0.1) is 0 Å². The van der Waals surface area contributed by atoms with E-state index in [1.165, 1.54) is 6.07 Å². The zero-order valence-corrected chi connectivity index (χ0v) is 11.9. The fraction of sp³-hybridized carbons (Fsp3) is 0.600. The predicted octanol–water partition coefficient (Wildman–Crippen LogP) is 1.96. The van der Waals surface area contributed by atoms with Crippen LogP contribution in [0.2, 0.25) is 0 Å². The molecule has 1 saturated heterocycles. The molecule has 1 aliphatic rings. The Labute approximate surface area is 114 Å². The lowest BCUT2D eigenvalue weighted by atomic mass is 9.92. The van der Waals surface area contributed by atoms with Crippen molar-refractivity contribution < 1.29 is 9.50 Å². The second kappa shape index (κ2) is 5.47. The highest BCUT2D eigenvalue weighted by Crippen LogP contribution is 2.29. The quantitative estimate of drug-likeness (QED) is 0.886. The summed E-state index contributed by atoms with van der Waals surface area (Å²) in [5, 5.41) is 9.64. The Hall–Kier alpha value is -1.13. The third-order valence-electron chi connectivity index (χ3n) is 3.63. The summed E-state index contributed by atoms with van der Waals surface area (Å²) in [4.78, 5) is 4.22. The normalized spacial score (nSPS) is 24.3. The Morgan fingerprint density at radius 2 is 2.00 bits per heavy atom. The molecule has 1 heterocycles. The van der Waals surface area contributed by atoms with Gasteiger partial charge in [-0.2, -0.15) is 0 Å². The van der Waals surface area contributed by atoms with E-state index < -0.39 is 0 Å². The Bertz CT molecular complexity index is 436. The van der Waals surface area contributed by atoms with Gasteiger partial charge in [0.2, 0.25) is 0 Å². The van der Waals surface area contributed by atoms with Crippen molar-refractivity contribution in [3.8, 4) is 0 Å². The number of likely N-dealkylation sites (N-methyl/N-ethyl adjacent to an activating group) is 1. The molecular weight excluding hydrogens is 243 g/mol. The SMILES string of the molecule is CN1CC(CO)N(c2ccccc2F)CC(C)(C)C1. The molecule has 0 radical (unpaired) electrons. The summed E-state index contributed by atoms with van der Waals surface area (Å²) in [6.07, 6.45) is 0. The lowest BCUT2D eigenvalue weighted by molar-refractivity contribution is 0.213. The van der Waals surface area contributed by atoms with Crippen LogP contribution in [-0.4, -0.2) is 49.3 Å². The van der Waals surface area contributed by atoms with Gasteiger partial charge in [0, 0.05) is 19.6 Å². The minimum absolute atomic E-state index is 0.0365. The molecule has 1 aromatic carbocycles. The van der Waals surface area contributed by atoms with E-state index in [9.17, 15) is 9.50 Å². The van der Waals surface area contributed by atoms with E-state index in [1.54, 1.807) is 12.1 Å². The minimum Gasteiger partial charge on any atom is -0.394 e. The Morgan fingerprint density at radius 1 is 1.32 bits per heavy atom. The van der Waals surface area contributed by atoms with E-state index in [0.29, 0.717) is 5.69 Å². The zero-order chi connectivity index (χ0) is 14.0. The van der Waals surface area contributed by atoms with Crippen molar-refractivity contribution in [2.75, 3.05) is 38.2 Å². The summed E-state index contributed by atoms with van der Waals surface area (Å²) in [5.74, 6) is -0.221. The summed E-state index contributed by atoms with van der Waals surface area (Å²) in [5.41, 5.74) is 0.644. The second-order valence-electron chi connectivity index (χ2n) is 6.28. The van der Waals surface area contributed by atoms with Crippen LogP contribution >= 0.6 is 0 Å². The molecular formula is C15H23FN2O. The summed E-state index contributed by atoms with van der Waals surface area (Å²) in [7, 11) is 2.05. The van der Waals surface area contributed by atoms with Crippen molar-refractivity contribution in [2.45, 2.75) is 19.9 Å². The van der Waals surface area contributed by atoms with Gasteiger partial charge in [-0.05, 0) is 24.6 Å². The number of anilines is 1. The van der Waals surface area contributed by atoms with Gasteiger partial charge in [0.25, 0.3) is 0 Å². The fourth-order valence-corrected chi connectivity index (χ4v) is 3.02. The van der Waals surface area contributed by atoms with Crippen molar-refractivity contribution in [3.63, 3.8) is 0 Å². The zero-order valence-electron chi connectivity index (χ0n) is 11.9. The van der Waals surface area contributed by atoms with Crippen LogP contribution in [0, 0.1) is 11.2 Å². The van der Waals surface area contributed by atoms with Crippen molar-refractivity contribution in [1.82, 2.24) is 4.90 Å². The van der Waals surface area contributed by atoms with Crippen molar-refractivity contribution in [1.29, 1.82) is 0 Å². The van der Waals surface area contributed by atoms with Crippen LogP contribution in [0.25, 0.3) is 0 Å². The Morgan fingerprint density at radius 3 is 2.63 bits per heavy atom. The predicted molar refractivity (Wildman–Crippen MR) is 75.9 cm³/mol. The molecule has 0 aromatic heterocycles. The third-order valence-corrected chi connectivity index (χ3v) is 3.63. The molecule has 3 nitrogen and oxygen atoms in total. The summed E-state index contributed by atoms with van der Waals surface area (Å²) < 4.78 is 14.0. The van der Waals surface area contributed by atoms with Crippen molar-refractivity contribution in [3.05, 3.63) is 30.1 Å². The number of rotatable bonds is 2. The monoisotopic (exact) mass is 266 g/mol. The highest BCUT2D eigenvalue weighted by molar-refractivity contribution is 5.49. The molecule has 4 heteroatoms. The van der Waals surface area contributed by atoms with Crippen LogP contribution in [0.1, 0.15) is 13.8 Å². The molecule has 1 atom stereocenters. The van der Waals surface area contributed by atoms with E-state index in [1.807, 2.05) is 11.0 Å². The minimum atomic E-state index is -0.221. The van der Waals surface area contributed by atoms with Crippen molar-refractivity contribution in [2.24, 2.45) is 5.41 Å². The Balaban J connectivity index is 2.36. The fourth-order valence-electron chi connectivity index (χ4n) is 3.02. The van der Waals surface area contributed by atoms with Gasteiger partial charge in [0.05, 0.1) is 18.3 Å². The van der Waals surface area contributed by atoms with Gasteiger partial charge < -0.3 is 14.9 Å². The van der Waals surface area contributed by atoms with Crippen LogP contribution in [0.15, 0.2) is 24.3 Å². The number of nitrogens with zero attached hydrogens (tertiary/aromatic N) is 2. The molecule has 1 N–H and O–H groups in total. The van der Waals surface area contributed by atoms with Gasteiger partial charge in [-0.1, -0.05) is 26.0 Å². The molecule has 0 aliphatic carbocycles. The van der Waals surface area contributed by atoms with Crippen LogP contribution in [-0.2, 0) is 0 Å². The molecule has 106 valence electrons.